The Hall–Kier alpha value is -3.68. The van der Waals surface area contributed by atoms with Crippen LogP contribution in [0.2, 0.25) is 0 Å². The monoisotopic (exact) mass is 398 g/mol. The number of carbonyl (C=O) groups is 4. The maximum absolute atomic E-state index is 12.1. The van der Waals surface area contributed by atoms with Crippen molar-refractivity contribution in [3.05, 3.63) is 71.8 Å². The second kappa shape index (κ2) is 11.2. The molecule has 8 heteroatoms. The molecular formula is C21H22N2O6. The molecule has 0 fully saturated rings. The lowest BCUT2D eigenvalue weighted by atomic mass is 10.1. The molecule has 2 N–H and O–H groups in total. The van der Waals surface area contributed by atoms with Crippen LogP contribution in [0.4, 0.5) is 4.79 Å². The summed E-state index contributed by atoms with van der Waals surface area (Å²) in [6.07, 6.45) is -1.26. The molecular weight excluding hydrogens is 376 g/mol. The third-order valence-corrected chi connectivity index (χ3v) is 3.92. The normalized spacial score (nSPS) is 11.1. The molecule has 0 saturated heterocycles. The highest BCUT2D eigenvalue weighted by Crippen LogP contribution is 2.03. The molecule has 0 aliphatic heterocycles. The number of carbonyl (C=O) groups excluding carboxylic acids is 4. The summed E-state index contributed by atoms with van der Waals surface area (Å²) in [5, 5.41) is 4.74. The number of hydrogen-bond donors (Lipinski definition) is 2. The van der Waals surface area contributed by atoms with E-state index in [0.29, 0.717) is 5.56 Å². The highest BCUT2D eigenvalue weighted by atomic mass is 16.6. The molecule has 0 spiro atoms. The van der Waals surface area contributed by atoms with Crippen LogP contribution in [0.1, 0.15) is 22.3 Å². The van der Waals surface area contributed by atoms with Gasteiger partial charge in [0.25, 0.3) is 0 Å². The highest BCUT2D eigenvalue weighted by Gasteiger charge is 2.25. The summed E-state index contributed by atoms with van der Waals surface area (Å²) < 4.78 is 9.66. The smallest absolute Gasteiger partial charge is 0.408 e. The van der Waals surface area contributed by atoms with E-state index in [9.17, 15) is 19.2 Å². The average molecular weight is 398 g/mol. The van der Waals surface area contributed by atoms with Gasteiger partial charge in [0.15, 0.2) is 5.78 Å². The number of nitrogens with one attached hydrogen (secondary N) is 2. The van der Waals surface area contributed by atoms with Gasteiger partial charge >= 0.3 is 12.1 Å². The number of ether oxygens (including phenoxy) is 2. The lowest BCUT2D eigenvalue weighted by Gasteiger charge is -2.16. The Bertz CT molecular complexity index is 839. The van der Waals surface area contributed by atoms with Crippen LogP contribution in [-0.2, 0) is 25.7 Å². The molecule has 152 valence electrons. The topological polar surface area (TPSA) is 111 Å². The molecule has 2 aromatic rings. The van der Waals surface area contributed by atoms with Crippen molar-refractivity contribution in [1.29, 1.82) is 0 Å². The van der Waals surface area contributed by atoms with Gasteiger partial charge in [0.1, 0.15) is 12.6 Å². The number of benzene rings is 2. The third-order valence-electron chi connectivity index (χ3n) is 3.92. The standard InChI is InChI=1S/C21H22N2O6/c1-28-20(26)17(23-21(27)29-14-15-8-4-2-5-9-15)12-19(25)22-13-18(24)16-10-6-3-7-11-16/h2-11,17H,12-14H2,1H3,(H,22,25)(H,23,27)/t17-/m0/s1. The summed E-state index contributed by atoms with van der Waals surface area (Å²) in [7, 11) is 1.14. The molecule has 2 rings (SSSR count). The van der Waals surface area contributed by atoms with Crippen LogP contribution in [0.25, 0.3) is 0 Å². The molecule has 8 nitrogen and oxygen atoms in total. The van der Waals surface area contributed by atoms with Crippen LogP contribution >= 0.6 is 0 Å². The Morgan fingerprint density at radius 2 is 1.55 bits per heavy atom. The van der Waals surface area contributed by atoms with Gasteiger partial charge in [0.2, 0.25) is 5.91 Å². The number of ketones is 1. The van der Waals surface area contributed by atoms with Crippen molar-refractivity contribution >= 4 is 23.8 Å². The minimum absolute atomic E-state index is 0.0122. The maximum atomic E-state index is 12.1. The molecule has 0 saturated carbocycles. The van der Waals surface area contributed by atoms with Gasteiger partial charge in [0, 0.05) is 5.56 Å². The van der Waals surface area contributed by atoms with Gasteiger partial charge in [0.05, 0.1) is 20.1 Å². The molecule has 0 aromatic heterocycles. The minimum Gasteiger partial charge on any atom is -0.467 e. The number of alkyl carbamates (subject to hydrolysis) is 1. The van der Waals surface area contributed by atoms with Gasteiger partial charge in [-0.05, 0) is 5.56 Å². The van der Waals surface area contributed by atoms with Gasteiger partial charge in [-0.3, -0.25) is 9.59 Å². The molecule has 0 unspecified atom stereocenters. The SMILES string of the molecule is COC(=O)[C@H](CC(=O)NCC(=O)c1ccccc1)NC(=O)OCc1ccccc1. The van der Waals surface area contributed by atoms with Crippen molar-refractivity contribution in [2.75, 3.05) is 13.7 Å². The van der Waals surface area contributed by atoms with E-state index in [0.717, 1.165) is 12.7 Å². The van der Waals surface area contributed by atoms with E-state index in [4.69, 9.17) is 4.74 Å². The van der Waals surface area contributed by atoms with Crippen LogP contribution < -0.4 is 10.6 Å². The lowest BCUT2D eigenvalue weighted by molar-refractivity contribution is -0.144. The molecule has 0 bridgehead atoms. The van der Waals surface area contributed by atoms with Crippen molar-refractivity contribution in [1.82, 2.24) is 10.6 Å². The van der Waals surface area contributed by atoms with E-state index >= 15 is 0 Å². The number of esters is 1. The van der Waals surface area contributed by atoms with Crippen LogP contribution in [0.5, 0.6) is 0 Å². The van der Waals surface area contributed by atoms with Crippen LogP contribution in [0.3, 0.4) is 0 Å². The second-order valence-electron chi connectivity index (χ2n) is 6.05. The Balaban J connectivity index is 1.83. The van der Waals surface area contributed by atoms with Crippen LogP contribution in [-0.4, -0.2) is 43.4 Å². The number of methoxy groups -OCH3 is 1. The lowest BCUT2D eigenvalue weighted by Crippen LogP contribution is -2.45. The summed E-state index contributed by atoms with van der Waals surface area (Å²) in [6, 6.07) is 16.2. The number of rotatable bonds is 9. The van der Waals surface area contributed by atoms with Crippen LogP contribution in [0, 0.1) is 0 Å². The summed E-state index contributed by atoms with van der Waals surface area (Å²) in [5.74, 6) is -1.66. The van der Waals surface area contributed by atoms with Gasteiger partial charge < -0.3 is 20.1 Å². The molecule has 2 aromatic carbocycles. The largest absolute Gasteiger partial charge is 0.467 e. The fourth-order valence-corrected chi connectivity index (χ4v) is 2.41. The average Bonchev–Trinajstić information content (AvgIpc) is 2.76. The summed E-state index contributed by atoms with van der Waals surface area (Å²) in [4.78, 5) is 48.0. The fraction of sp³-hybridized carbons (Fsp3) is 0.238. The molecule has 29 heavy (non-hydrogen) atoms. The molecule has 0 heterocycles. The van der Waals surface area contributed by atoms with Crippen molar-refractivity contribution in [2.45, 2.75) is 19.1 Å². The molecule has 0 radical (unpaired) electrons. The fourth-order valence-electron chi connectivity index (χ4n) is 2.41. The molecule has 2 amide bonds. The van der Waals surface area contributed by atoms with Crippen molar-refractivity contribution in [3.8, 4) is 0 Å². The van der Waals surface area contributed by atoms with Crippen molar-refractivity contribution in [3.63, 3.8) is 0 Å². The van der Waals surface area contributed by atoms with E-state index in [1.807, 2.05) is 6.07 Å². The number of Topliss-reactive ketones (excluding diaryl/α,β-unsaturated/α-hetero) is 1. The number of amides is 2. The van der Waals surface area contributed by atoms with Crippen molar-refractivity contribution in [2.24, 2.45) is 0 Å². The van der Waals surface area contributed by atoms with Gasteiger partial charge in [-0.25, -0.2) is 9.59 Å². The number of hydrogen-bond acceptors (Lipinski definition) is 6. The maximum Gasteiger partial charge on any atom is 0.408 e. The second-order valence-corrected chi connectivity index (χ2v) is 6.05. The first kappa shape index (κ1) is 21.6. The zero-order chi connectivity index (χ0) is 21.1. The zero-order valence-corrected chi connectivity index (χ0v) is 15.9. The third kappa shape index (κ3) is 7.45. The first-order chi connectivity index (χ1) is 14.0. The van der Waals surface area contributed by atoms with Crippen LogP contribution in [0.15, 0.2) is 60.7 Å². The quantitative estimate of drug-likeness (QED) is 0.493. The van der Waals surface area contributed by atoms with Gasteiger partial charge in [-0.15, -0.1) is 0 Å². The van der Waals surface area contributed by atoms with E-state index in [2.05, 4.69) is 15.4 Å². The molecule has 0 aliphatic rings. The Labute approximate surface area is 168 Å². The molecule has 1 atom stereocenters. The Kier molecular flexibility index (Phi) is 8.37. The van der Waals surface area contributed by atoms with Gasteiger partial charge in [-0.2, -0.15) is 0 Å². The first-order valence-corrected chi connectivity index (χ1v) is 8.89. The summed E-state index contributed by atoms with van der Waals surface area (Å²) >= 11 is 0. The van der Waals surface area contributed by atoms with E-state index in [1.54, 1.807) is 54.6 Å². The first-order valence-electron chi connectivity index (χ1n) is 8.89. The summed E-state index contributed by atoms with van der Waals surface area (Å²) in [6.45, 7) is -0.215. The zero-order valence-electron chi connectivity index (χ0n) is 15.9. The van der Waals surface area contributed by atoms with Crippen molar-refractivity contribution < 1.29 is 28.7 Å². The summed E-state index contributed by atoms with van der Waals surface area (Å²) in [5.41, 5.74) is 1.23. The highest BCUT2D eigenvalue weighted by molar-refractivity contribution is 5.99. The predicted octanol–water partition coefficient (Wildman–Crippen LogP) is 1.84. The Morgan fingerprint density at radius 1 is 0.931 bits per heavy atom. The van der Waals surface area contributed by atoms with E-state index in [-0.39, 0.29) is 18.9 Å². The van der Waals surface area contributed by atoms with E-state index in [1.165, 1.54) is 0 Å². The Morgan fingerprint density at radius 3 is 2.17 bits per heavy atom. The van der Waals surface area contributed by atoms with E-state index < -0.39 is 30.4 Å². The molecule has 0 aliphatic carbocycles. The van der Waals surface area contributed by atoms with Gasteiger partial charge in [-0.1, -0.05) is 60.7 Å². The predicted molar refractivity (Wildman–Crippen MR) is 104 cm³/mol. The minimum atomic E-state index is -1.24.